The summed E-state index contributed by atoms with van der Waals surface area (Å²) in [6.45, 7) is 2.00. The van der Waals surface area contributed by atoms with Crippen molar-refractivity contribution in [2.45, 2.75) is 11.8 Å². The van der Waals surface area contributed by atoms with Crippen LogP contribution in [0.2, 0.25) is 0 Å². The van der Waals surface area contributed by atoms with E-state index in [0.717, 1.165) is 4.90 Å². The summed E-state index contributed by atoms with van der Waals surface area (Å²) in [5, 5.41) is 10.9. The summed E-state index contributed by atoms with van der Waals surface area (Å²) in [6.07, 6.45) is 0. The smallest absolute Gasteiger partial charge is 0.270 e. The lowest BCUT2D eigenvalue weighted by atomic mass is 10.1. The highest BCUT2D eigenvalue weighted by Gasteiger charge is 2.11. The van der Waals surface area contributed by atoms with E-state index in [2.05, 4.69) is 0 Å². The highest BCUT2D eigenvalue weighted by Crippen LogP contribution is 2.21. The molecular formula is C16H15Cl2NO3S. The van der Waals surface area contributed by atoms with Crippen LogP contribution in [0.5, 0.6) is 0 Å². The van der Waals surface area contributed by atoms with E-state index in [1.54, 1.807) is 6.07 Å². The van der Waals surface area contributed by atoms with Gasteiger partial charge in [0.05, 0.1) is 16.0 Å². The molecule has 2 rings (SSSR count). The van der Waals surface area contributed by atoms with Crippen LogP contribution in [0.25, 0.3) is 0 Å². The van der Waals surface area contributed by atoms with Crippen LogP contribution in [-0.2, 0) is 0 Å². The van der Waals surface area contributed by atoms with Gasteiger partial charge in [-0.15, -0.1) is 35.0 Å². The number of Topliss-reactive ketones (excluding diaryl/α,β-unsaturated/α-hetero) is 1. The van der Waals surface area contributed by atoms with Crippen molar-refractivity contribution in [3.8, 4) is 0 Å². The molecule has 0 fully saturated rings. The van der Waals surface area contributed by atoms with Crippen molar-refractivity contribution in [2.24, 2.45) is 0 Å². The number of hydrogen-bond donors (Lipinski definition) is 0. The van der Waals surface area contributed by atoms with Crippen LogP contribution in [0.15, 0.2) is 53.4 Å². The molecular weight excluding hydrogens is 357 g/mol. The molecule has 0 unspecified atom stereocenters. The Morgan fingerprint density at radius 2 is 1.78 bits per heavy atom. The number of halogens is 2. The quantitative estimate of drug-likeness (QED) is 0.235. The van der Waals surface area contributed by atoms with E-state index in [1.807, 2.05) is 31.2 Å². The first kappa shape index (κ1) is 19.5. The lowest BCUT2D eigenvalue weighted by Crippen LogP contribution is -2.03. The topological polar surface area (TPSA) is 60.2 Å². The predicted molar refractivity (Wildman–Crippen MR) is 95.9 cm³/mol. The molecule has 0 aliphatic carbocycles. The second-order valence-electron chi connectivity index (χ2n) is 4.43. The fraction of sp³-hybridized carbons (Fsp3) is 0.188. The SMILES string of the molecule is Cc1ccc(SCC(=O)c2cccc([N+](=O)[O-])c2)cc1.ClCCl. The Bertz CT molecular complexity index is 663. The maximum atomic E-state index is 12.0. The minimum absolute atomic E-state index is 0.0591. The van der Waals surface area contributed by atoms with E-state index in [-0.39, 0.29) is 22.6 Å². The van der Waals surface area contributed by atoms with Crippen molar-refractivity contribution in [3.05, 3.63) is 69.8 Å². The van der Waals surface area contributed by atoms with Crippen LogP contribution in [0.1, 0.15) is 15.9 Å². The minimum atomic E-state index is -0.496. The molecule has 0 N–H and O–H groups in total. The third-order valence-electron chi connectivity index (χ3n) is 2.77. The third kappa shape index (κ3) is 7.03. The Morgan fingerprint density at radius 1 is 1.17 bits per heavy atom. The average Bonchev–Trinajstić information content (AvgIpc) is 2.55. The third-order valence-corrected chi connectivity index (χ3v) is 3.78. The number of aryl methyl sites for hydroxylation is 1. The Morgan fingerprint density at radius 3 is 2.35 bits per heavy atom. The van der Waals surface area contributed by atoms with Crippen LogP contribution in [0, 0.1) is 17.0 Å². The zero-order valence-electron chi connectivity index (χ0n) is 12.4. The van der Waals surface area contributed by atoms with Gasteiger partial charge in [0.2, 0.25) is 0 Å². The van der Waals surface area contributed by atoms with Crippen molar-refractivity contribution in [3.63, 3.8) is 0 Å². The first-order valence-electron chi connectivity index (χ1n) is 6.57. The van der Waals surface area contributed by atoms with Gasteiger partial charge in [-0.05, 0) is 19.1 Å². The fourth-order valence-electron chi connectivity index (χ4n) is 1.66. The first-order valence-corrected chi connectivity index (χ1v) is 8.62. The molecule has 2 aromatic carbocycles. The summed E-state index contributed by atoms with van der Waals surface area (Å²) in [7, 11) is 0. The van der Waals surface area contributed by atoms with Crippen LogP contribution in [0.4, 0.5) is 5.69 Å². The van der Waals surface area contributed by atoms with E-state index in [9.17, 15) is 14.9 Å². The van der Waals surface area contributed by atoms with Gasteiger partial charge in [0.15, 0.2) is 5.78 Å². The zero-order chi connectivity index (χ0) is 17.2. The van der Waals surface area contributed by atoms with Gasteiger partial charge in [-0.3, -0.25) is 14.9 Å². The van der Waals surface area contributed by atoms with Crippen molar-refractivity contribution in [1.29, 1.82) is 0 Å². The molecule has 0 atom stereocenters. The molecule has 0 amide bonds. The number of hydrogen-bond acceptors (Lipinski definition) is 4. The van der Waals surface area contributed by atoms with E-state index < -0.39 is 4.92 Å². The van der Waals surface area contributed by atoms with Gasteiger partial charge in [-0.25, -0.2) is 0 Å². The Balaban J connectivity index is 0.000000816. The molecule has 122 valence electrons. The van der Waals surface area contributed by atoms with Crippen LogP contribution in [-0.4, -0.2) is 21.8 Å². The number of carbonyl (C=O) groups is 1. The Labute approximate surface area is 148 Å². The molecule has 0 heterocycles. The number of alkyl halides is 2. The molecule has 0 aliphatic heterocycles. The van der Waals surface area contributed by atoms with E-state index >= 15 is 0 Å². The summed E-state index contributed by atoms with van der Waals surface area (Å²) in [5.41, 5.74) is 1.48. The lowest BCUT2D eigenvalue weighted by Gasteiger charge is -2.02. The zero-order valence-corrected chi connectivity index (χ0v) is 14.7. The highest BCUT2D eigenvalue weighted by molar-refractivity contribution is 8.00. The van der Waals surface area contributed by atoms with E-state index in [0.29, 0.717) is 5.56 Å². The molecule has 7 heteroatoms. The average molecular weight is 372 g/mol. The van der Waals surface area contributed by atoms with E-state index in [4.69, 9.17) is 23.2 Å². The molecule has 0 aliphatic rings. The number of ketones is 1. The second-order valence-corrected chi connectivity index (χ2v) is 6.29. The van der Waals surface area contributed by atoms with Gasteiger partial charge >= 0.3 is 0 Å². The van der Waals surface area contributed by atoms with E-state index in [1.165, 1.54) is 35.5 Å². The molecule has 0 bridgehead atoms. The van der Waals surface area contributed by atoms with Gasteiger partial charge in [0.1, 0.15) is 0 Å². The summed E-state index contributed by atoms with van der Waals surface area (Å²) in [4.78, 5) is 23.2. The summed E-state index contributed by atoms with van der Waals surface area (Å²) in [5.74, 6) is 0.156. The van der Waals surface area contributed by atoms with Crippen LogP contribution >= 0.6 is 35.0 Å². The van der Waals surface area contributed by atoms with Gasteiger partial charge < -0.3 is 0 Å². The molecule has 23 heavy (non-hydrogen) atoms. The Hall–Kier alpha value is -1.56. The van der Waals surface area contributed by atoms with Gasteiger partial charge in [0.25, 0.3) is 5.69 Å². The standard InChI is InChI=1S/C15H13NO3S.CH2Cl2/c1-11-5-7-14(8-6-11)20-10-15(17)12-3-2-4-13(9-12)16(18)19;2-1-3/h2-9H,10H2,1H3;1H2. The Kier molecular flexibility index (Phi) is 8.69. The molecule has 0 spiro atoms. The van der Waals surface area contributed by atoms with Gasteiger partial charge in [-0.1, -0.05) is 29.8 Å². The van der Waals surface area contributed by atoms with Crippen molar-refractivity contribution >= 4 is 46.4 Å². The maximum absolute atomic E-state index is 12.0. The minimum Gasteiger partial charge on any atom is -0.293 e. The molecule has 0 aromatic heterocycles. The number of benzene rings is 2. The number of non-ortho nitro benzene ring substituents is 1. The van der Waals surface area contributed by atoms with Crippen molar-refractivity contribution < 1.29 is 9.72 Å². The lowest BCUT2D eigenvalue weighted by molar-refractivity contribution is -0.384. The predicted octanol–water partition coefficient (Wildman–Crippen LogP) is 5.30. The fourth-order valence-corrected chi connectivity index (χ4v) is 2.45. The summed E-state index contributed by atoms with van der Waals surface area (Å²) < 4.78 is 0. The monoisotopic (exact) mass is 371 g/mol. The summed E-state index contributed by atoms with van der Waals surface area (Å²) in [6, 6.07) is 13.7. The molecule has 2 aromatic rings. The van der Waals surface area contributed by atoms with Crippen molar-refractivity contribution in [2.75, 3.05) is 11.1 Å². The molecule has 4 nitrogen and oxygen atoms in total. The maximum Gasteiger partial charge on any atom is 0.270 e. The van der Waals surface area contributed by atoms with Gasteiger partial charge in [-0.2, -0.15) is 0 Å². The van der Waals surface area contributed by atoms with Crippen LogP contribution < -0.4 is 0 Å². The first-order chi connectivity index (χ1) is 11.0. The van der Waals surface area contributed by atoms with Crippen molar-refractivity contribution in [1.82, 2.24) is 0 Å². The number of thioether (sulfide) groups is 1. The highest BCUT2D eigenvalue weighted by atomic mass is 35.5. The number of rotatable bonds is 5. The van der Waals surface area contributed by atoms with Crippen LogP contribution in [0.3, 0.4) is 0 Å². The normalized spacial score (nSPS) is 9.70. The molecule has 0 saturated carbocycles. The molecule has 0 saturated heterocycles. The number of nitro benzene ring substituents is 1. The second kappa shape index (κ2) is 10.3. The number of carbonyl (C=O) groups excluding carboxylic acids is 1. The molecule has 0 radical (unpaired) electrons. The summed E-state index contributed by atoms with van der Waals surface area (Å²) >= 11 is 11.0. The van der Waals surface area contributed by atoms with Gasteiger partial charge in [0, 0.05) is 22.6 Å². The largest absolute Gasteiger partial charge is 0.293 e. The number of nitro groups is 1. The number of nitrogens with zero attached hydrogens (tertiary/aromatic N) is 1.